The minimum Gasteiger partial charge on any atom is -0.461 e. The summed E-state index contributed by atoms with van der Waals surface area (Å²) in [5.41, 5.74) is 1.64. The molecule has 0 aliphatic carbocycles. The van der Waals surface area contributed by atoms with Gasteiger partial charge in [-0.15, -0.1) is 10.2 Å². The number of carbonyl (C=O) groups excluding carboxylic acids is 1. The molecule has 1 unspecified atom stereocenters. The van der Waals surface area contributed by atoms with E-state index in [1.807, 2.05) is 72.2 Å². The third-order valence-electron chi connectivity index (χ3n) is 4.15. The van der Waals surface area contributed by atoms with E-state index in [0.717, 1.165) is 15.8 Å². The van der Waals surface area contributed by atoms with Gasteiger partial charge in [-0.2, -0.15) is 0 Å². The van der Waals surface area contributed by atoms with E-state index in [-0.39, 0.29) is 11.2 Å². The second-order valence-electron chi connectivity index (χ2n) is 6.21. The monoisotopic (exact) mass is 468 g/mol. The number of carbonyl (C=O) groups is 1. The minimum absolute atomic E-state index is 0.112. The molecule has 2 heterocycles. The smallest absolute Gasteiger partial charge is 0.237 e. The molecule has 1 atom stereocenters. The van der Waals surface area contributed by atoms with Crippen LogP contribution in [0.1, 0.15) is 6.92 Å². The SMILES string of the molecule is CC(Sc1nnc(-c2ccco2)n1-c1ccccc1)C(=O)Nc1ccc(Br)cc1. The van der Waals surface area contributed by atoms with Crippen molar-refractivity contribution in [3.8, 4) is 17.3 Å². The summed E-state index contributed by atoms with van der Waals surface area (Å²) < 4.78 is 8.37. The van der Waals surface area contributed by atoms with E-state index in [2.05, 4.69) is 31.4 Å². The molecule has 0 aliphatic rings. The Morgan fingerprint density at radius 1 is 1.07 bits per heavy atom. The number of nitrogens with one attached hydrogen (secondary N) is 1. The van der Waals surface area contributed by atoms with Crippen LogP contribution in [0, 0.1) is 0 Å². The quantitative estimate of drug-likeness (QED) is 0.383. The maximum absolute atomic E-state index is 12.7. The van der Waals surface area contributed by atoms with Crippen LogP contribution in [0.15, 0.2) is 87.0 Å². The fraction of sp³-hybridized carbons (Fsp3) is 0.0952. The van der Waals surface area contributed by atoms with Gasteiger partial charge in [0.1, 0.15) is 0 Å². The van der Waals surface area contributed by atoms with Crippen molar-refractivity contribution in [1.82, 2.24) is 14.8 Å². The Morgan fingerprint density at radius 3 is 2.52 bits per heavy atom. The van der Waals surface area contributed by atoms with E-state index in [1.165, 1.54) is 11.8 Å². The summed E-state index contributed by atoms with van der Waals surface area (Å²) in [4.78, 5) is 12.7. The first kappa shape index (κ1) is 19.5. The molecule has 0 saturated heterocycles. The molecule has 0 bridgehead atoms. The normalized spacial score (nSPS) is 11.9. The molecule has 0 fully saturated rings. The van der Waals surface area contributed by atoms with Crippen molar-refractivity contribution in [2.45, 2.75) is 17.3 Å². The molecule has 0 saturated carbocycles. The number of aromatic nitrogens is 3. The molecule has 1 amide bonds. The van der Waals surface area contributed by atoms with Crippen molar-refractivity contribution < 1.29 is 9.21 Å². The molecule has 4 rings (SSSR count). The number of thioether (sulfide) groups is 1. The number of benzene rings is 2. The topological polar surface area (TPSA) is 73.0 Å². The first-order valence-corrected chi connectivity index (χ1v) is 10.6. The lowest BCUT2D eigenvalue weighted by atomic mass is 10.3. The molecule has 6 nitrogen and oxygen atoms in total. The highest BCUT2D eigenvalue weighted by molar-refractivity contribution is 9.10. The first-order chi connectivity index (χ1) is 14.1. The highest BCUT2D eigenvalue weighted by Crippen LogP contribution is 2.30. The lowest BCUT2D eigenvalue weighted by Gasteiger charge is -2.13. The van der Waals surface area contributed by atoms with Crippen LogP contribution in [0.3, 0.4) is 0 Å². The summed E-state index contributed by atoms with van der Waals surface area (Å²) >= 11 is 4.73. The number of anilines is 1. The van der Waals surface area contributed by atoms with Crippen molar-refractivity contribution in [3.05, 3.63) is 77.5 Å². The molecule has 0 spiro atoms. The molecule has 0 radical (unpaired) electrons. The van der Waals surface area contributed by atoms with E-state index in [0.29, 0.717) is 16.7 Å². The first-order valence-electron chi connectivity index (χ1n) is 8.89. The number of rotatable bonds is 6. The maximum Gasteiger partial charge on any atom is 0.237 e. The number of hydrogen-bond donors (Lipinski definition) is 1. The van der Waals surface area contributed by atoms with Crippen LogP contribution in [0.2, 0.25) is 0 Å². The average Bonchev–Trinajstić information content (AvgIpc) is 3.40. The van der Waals surface area contributed by atoms with E-state index in [4.69, 9.17) is 4.42 Å². The largest absolute Gasteiger partial charge is 0.461 e. The third kappa shape index (κ3) is 4.44. The molecule has 29 heavy (non-hydrogen) atoms. The molecule has 0 aliphatic heterocycles. The Balaban J connectivity index is 1.59. The molecule has 2 aromatic heterocycles. The van der Waals surface area contributed by atoms with Crippen LogP contribution in [0.4, 0.5) is 5.69 Å². The predicted molar refractivity (Wildman–Crippen MR) is 117 cm³/mol. The van der Waals surface area contributed by atoms with Gasteiger partial charge in [0, 0.05) is 15.8 Å². The standard InChI is InChI=1S/C21H17BrN4O2S/c1-14(20(27)23-16-11-9-15(22)10-12-16)29-21-25-24-19(18-8-5-13-28-18)26(21)17-6-3-2-4-7-17/h2-14H,1H3,(H,23,27). The zero-order valence-electron chi connectivity index (χ0n) is 15.4. The summed E-state index contributed by atoms with van der Waals surface area (Å²) in [6, 6.07) is 20.9. The minimum atomic E-state index is -0.380. The zero-order chi connectivity index (χ0) is 20.2. The van der Waals surface area contributed by atoms with Gasteiger partial charge in [0.25, 0.3) is 0 Å². The Bertz CT molecular complexity index is 1100. The van der Waals surface area contributed by atoms with Gasteiger partial charge in [-0.3, -0.25) is 9.36 Å². The van der Waals surface area contributed by atoms with Gasteiger partial charge in [0.05, 0.1) is 11.5 Å². The molecule has 8 heteroatoms. The number of hydrogen-bond acceptors (Lipinski definition) is 5. The highest BCUT2D eigenvalue weighted by Gasteiger charge is 2.22. The molecule has 4 aromatic rings. The summed E-state index contributed by atoms with van der Waals surface area (Å²) in [5.74, 6) is 1.09. The Kier molecular flexibility index (Phi) is 5.82. The van der Waals surface area contributed by atoms with E-state index in [1.54, 1.807) is 12.3 Å². The van der Waals surface area contributed by atoms with Gasteiger partial charge >= 0.3 is 0 Å². The zero-order valence-corrected chi connectivity index (χ0v) is 17.9. The molecular weight excluding hydrogens is 452 g/mol. The van der Waals surface area contributed by atoms with E-state index in [9.17, 15) is 4.79 Å². The second-order valence-corrected chi connectivity index (χ2v) is 8.43. The van der Waals surface area contributed by atoms with Crippen molar-refractivity contribution in [1.29, 1.82) is 0 Å². The number of amides is 1. The second kappa shape index (κ2) is 8.67. The molecular formula is C21H17BrN4O2S. The summed E-state index contributed by atoms with van der Waals surface area (Å²) in [5, 5.41) is 11.8. The van der Waals surface area contributed by atoms with Crippen molar-refractivity contribution in [2.24, 2.45) is 0 Å². The van der Waals surface area contributed by atoms with Crippen LogP contribution < -0.4 is 5.32 Å². The highest BCUT2D eigenvalue weighted by atomic mass is 79.9. The maximum atomic E-state index is 12.7. The van der Waals surface area contributed by atoms with Crippen LogP contribution in [-0.4, -0.2) is 25.9 Å². The lowest BCUT2D eigenvalue weighted by molar-refractivity contribution is -0.115. The number of nitrogens with zero attached hydrogens (tertiary/aromatic N) is 3. The van der Waals surface area contributed by atoms with Crippen molar-refractivity contribution in [3.63, 3.8) is 0 Å². The van der Waals surface area contributed by atoms with Crippen LogP contribution in [-0.2, 0) is 4.79 Å². The molecule has 1 N–H and O–H groups in total. The van der Waals surface area contributed by atoms with Gasteiger partial charge < -0.3 is 9.73 Å². The van der Waals surface area contributed by atoms with Crippen LogP contribution >= 0.6 is 27.7 Å². The van der Waals surface area contributed by atoms with Gasteiger partial charge in [-0.25, -0.2) is 0 Å². The van der Waals surface area contributed by atoms with E-state index >= 15 is 0 Å². The lowest BCUT2D eigenvalue weighted by Crippen LogP contribution is -2.22. The fourth-order valence-electron chi connectivity index (χ4n) is 2.71. The fourth-order valence-corrected chi connectivity index (χ4v) is 3.84. The Labute approximate surface area is 180 Å². The van der Waals surface area contributed by atoms with E-state index < -0.39 is 0 Å². The summed E-state index contributed by atoms with van der Waals surface area (Å²) in [7, 11) is 0. The summed E-state index contributed by atoms with van der Waals surface area (Å²) in [6.45, 7) is 1.84. The molecule has 146 valence electrons. The number of furan rings is 1. The van der Waals surface area contributed by atoms with Gasteiger partial charge in [-0.1, -0.05) is 45.9 Å². The van der Waals surface area contributed by atoms with Gasteiger partial charge in [0.2, 0.25) is 11.7 Å². The summed E-state index contributed by atoms with van der Waals surface area (Å²) in [6.07, 6.45) is 1.60. The average molecular weight is 469 g/mol. The van der Waals surface area contributed by atoms with Crippen LogP contribution in [0.25, 0.3) is 17.3 Å². The number of halogens is 1. The van der Waals surface area contributed by atoms with Gasteiger partial charge in [0.15, 0.2) is 10.9 Å². The number of para-hydroxylation sites is 1. The van der Waals surface area contributed by atoms with Crippen LogP contribution in [0.5, 0.6) is 0 Å². The third-order valence-corrected chi connectivity index (χ3v) is 5.72. The van der Waals surface area contributed by atoms with Crippen molar-refractivity contribution in [2.75, 3.05) is 5.32 Å². The predicted octanol–water partition coefficient (Wildman–Crippen LogP) is 5.41. The van der Waals surface area contributed by atoms with Crippen molar-refractivity contribution >= 4 is 39.3 Å². The molecule has 2 aromatic carbocycles. The Hall–Kier alpha value is -2.84. The Morgan fingerprint density at radius 2 is 1.83 bits per heavy atom. The van der Waals surface area contributed by atoms with Gasteiger partial charge in [-0.05, 0) is 55.5 Å².